The highest BCUT2D eigenvalue weighted by molar-refractivity contribution is 6.32. The van der Waals surface area contributed by atoms with E-state index in [0.29, 0.717) is 39.0 Å². The van der Waals surface area contributed by atoms with Crippen molar-refractivity contribution in [2.45, 2.75) is 0 Å². The summed E-state index contributed by atoms with van der Waals surface area (Å²) in [6, 6.07) is 16.5. The number of carbonyl (C=O) groups excluding carboxylic acids is 2. The van der Waals surface area contributed by atoms with Crippen molar-refractivity contribution < 1.29 is 28.5 Å². The summed E-state index contributed by atoms with van der Waals surface area (Å²) < 4.78 is 21.6. The van der Waals surface area contributed by atoms with E-state index in [-0.39, 0.29) is 24.1 Å². The normalized spacial score (nSPS) is 15.1. The van der Waals surface area contributed by atoms with Crippen molar-refractivity contribution in [3.05, 3.63) is 88.1 Å². The van der Waals surface area contributed by atoms with E-state index in [9.17, 15) is 9.59 Å². The molecule has 0 amide bonds. The number of ketones is 1. The smallest absolute Gasteiger partial charge is 0.343 e. The van der Waals surface area contributed by atoms with Gasteiger partial charge in [-0.2, -0.15) is 0 Å². The molecule has 0 N–H and O–H groups in total. The first-order chi connectivity index (χ1) is 14.6. The lowest BCUT2D eigenvalue weighted by atomic mass is 10.1. The third-order valence-electron chi connectivity index (χ3n) is 4.65. The van der Waals surface area contributed by atoms with Gasteiger partial charge in [0.1, 0.15) is 11.5 Å². The van der Waals surface area contributed by atoms with Gasteiger partial charge in [-0.05, 0) is 48.0 Å². The van der Waals surface area contributed by atoms with Gasteiger partial charge in [-0.1, -0.05) is 29.8 Å². The van der Waals surface area contributed by atoms with Crippen LogP contribution in [0.25, 0.3) is 6.08 Å². The maximum absolute atomic E-state index is 12.6. The molecule has 148 valence electrons. The summed E-state index contributed by atoms with van der Waals surface area (Å²) in [6.45, 7) is 0.119. The molecule has 0 saturated heterocycles. The quantitative estimate of drug-likeness (QED) is 0.341. The number of carbonyl (C=O) groups is 2. The molecular formula is C23H13ClO6. The largest absolute Gasteiger partial charge is 0.454 e. The third-order valence-corrected chi connectivity index (χ3v) is 5.00. The molecule has 3 aromatic carbocycles. The van der Waals surface area contributed by atoms with Gasteiger partial charge in [0.25, 0.3) is 0 Å². The summed E-state index contributed by atoms with van der Waals surface area (Å²) in [7, 11) is 0. The standard InChI is InChI=1S/C23H13ClO6/c24-17-4-2-1-3-13(17)9-21-22(25)16-7-6-15(11-19(16)30-21)29-23(26)14-5-8-18-20(10-14)28-12-27-18/h1-11H,12H2/b21-9-. The Morgan fingerprint density at radius 2 is 1.80 bits per heavy atom. The lowest BCUT2D eigenvalue weighted by Gasteiger charge is -2.06. The van der Waals surface area contributed by atoms with Gasteiger partial charge in [-0.25, -0.2) is 4.79 Å². The predicted molar refractivity (Wildman–Crippen MR) is 108 cm³/mol. The topological polar surface area (TPSA) is 71.1 Å². The zero-order chi connectivity index (χ0) is 20.7. The zero-order valence-corrected chi connectivity index (χ0v) is 16.1. The summed E-state index contributed by atoms with van der Waals surface area (Å²) in [4.78, 5) is 25.1. The second-order valence-electron chi connectivity index (χ2n) is 6.58. The molecule has 0 fully saturated rings. The van der Waals surface area contributed by atoms with Gasteiger partial charge in [0, 0.05) is 11.1 Å². The van der Waals surface area contributed by atoms with Crippen molar-refractivity contribution in [1.29, 1.82) is 0 Å². The van der Waals surface area contributed by atoms with E-state index in [1.54, 1.807) is 54.6 Å². The van der Waals surface area contributed by atoms with Crippen molar-refractivity contribution in [2.75, 3.05) is 6.79 Å². The first-order valence-electron chi connectivity index (χ1n) is 9.03. The van der Waals surface area contributed by atoms with Crippen LogP contribution in [-0.4, -0.2) is 18.5 Å². The number of halogens is 1. The van der Waals surface area contributed by atoms with E-state index >= 15 is 0 Å². The van der Waals surface area contributed by atoms with Crippen LogP contribution < -0.4 is 18.9 Å². The number of hydrogen-bond donors (Lipinski definition) is 0. The molecule has 2 aliphatic rings. The van der Waals surface area contributed by atoms with Crippen LogP contribution in [0.2, 0.25) is 5.02 Å². The van der Waals surface area contributed by atoms with Crippen molar-refractivity contribution in [1.82, 2.24) is 0 Å². The number of Topliss-reactive ketones (excluding diaryl/α,β-unsaturated/α-hetero) is 1. The minimum Gasteiger partial charge on any atom is -0.454 e. The van der Waals surface area contributed by atoms with Crippen LogP contribution in [0.3, 0.4) is 0 Å². The summed E-state index contributed by atoms with van der Waals surface area (Å²) in [5.41, 5.74) is 1.37. The second-order valence-corrected chi connectivity index (χ2v) is 6.98. The lowest BCUT2D eigenvalue weighted by Crippen LogP contribution is -2.08. The minimum atomic E-state index is -0.565. The van der Waals surface area contributed by atoms with Gasteiger partial charge in [-0.3, -0.25) is 4.79 Å². The second kappa shape index (κ2) is 7.24. The summed E-state index contributed by atoms with van der Waals surface area (Å²) in [5, 5.41) is 0.510. The third kappa shape index (κ3) is 3.27. The van der Waals surface area contributed by atoms with E-state index in [2.05, 4.69) is 0 Å². The highest BCUT2D eigenvalue weighted by atomic mass is 35.5. The van der Waals surface area contributed by atoms with Crippen LogP contribution in [0.4, 0.5) is 0 Å². The first-order valence-corrected chi connectivity index (χ1v) is 9.41. The molecule has 6 nitrogen and oxygen atoms in total. The van der Waals surface area contributed by atoms with E-state index < -0.39 is 5.97 Å². The molecule has 3 aromatic rings. The predicted octanol–water partition coefficient (Wildman–Crippen LogP) is 4.90. The van der Waals surface area contributed by atoms with E-state index in [0.717, 1.165) is 0 Å². The average Bonchev–Trinajstić information content (AvgIpc) is 3.33. The summed E-state index contributed by atoms with van der Waals surface area (Å²) in [5.74, 6) is 0.952. The Kier molecular flexibility index (Phi) is 4.41. The molecule has 0 radical (unpaired) electrons. The zero-order valence-electron chi connectivity index (χ0n) is 15.4. The van der Waals surface area contributed by atoms with Gasteiger partial charge in [0.2, 0.25) is 12.6 Å². The molecule has 30 heavy (non-hydrogen) atoms. The summed E-state index contributed by atoms with van der Waals surface area (Å²) in [6.07, 6.45) is 1.59. The Morgan fingerprint density at radius 3 is 2.67 bits per heavy atom. The van der Waals surface area contributed by atoms with Gasteiger partial charge in [0.15, 0.2) is 17.3 Å². The molecule has 0 spiro atoms. The molecule has 2 aliphatic heterocycles. The van der Waals surface area contributed by atoms with Gasteiger partial charge >= 0.3 is 5.97 Å². The van der Waals surface area contributed by atoms with Crippen molar-refractivity contribution in [3.63, 3.8) is 0 Å². The van der Waals surface area contributed by atoms with Crippen molar-refractivity contribution in [3.8, 4) is 23.0 Å². The summed E-state index contributed by atoms with van der Waals surface area (Å²) >= 11 is 6.15. The lowest BCUT2D eigenvalue weighted by molar-refractivity contribution is 0.0734. The van der Waals surface area contributed by atoms with E-state index in [1.807, 2.05) is 6.07 Å². The fraction of sp³-hybridized carbons (Fsp3) is 0.0435. The van der Waals surface area contributed by atoms with E-state index in [1.165, 1.54) is 6.07 Å². The number of fused-ring (bicyclic) bond motifs is 2. The van der Waals surface area contributed by atoms with Crippen LogP contribution >= 0.6 is 11.6 Å². The maximum Gasteiger partial charge on any atom is 0.343 e. The number of allylic oxidation sites excluding steroid dienone is 1. The monoisotopic (exact) mass is 420 g/mol. The Hall–Kier alpha value is -3.77. The molecular weight excluding hydrogens is 408 g/mol. The minimum absolute atomic E-state index is 0.119. The Labute approximate surface area is 176 Å². The molecule has 0 aliphatic carbocycles. The molecule has 2 heterocycles. The van der Waals surface area contributed by atoms with Gasteiger partial charge in [-0.15, -0.1) is 0 Å². The number of rotatable bonds is 3. The molecule has 0 saturated carbocycles. The fourth-order valence-electron chi connectivity index (χ4n) is 3.15. The molecule has 0 bridgehead atoms. The van der Waals surface area contributed by atoms with Gasteiger partial charge < -0.3 is 18.9 Å². The fourth-order valence-corrected chi connectivity index (χ4v) is 3.34. The molecule has 0 aromatic heterocycles. The van der Waals surface area contributed by atoms with Crippen LogP contribution in [0.15, 0.2) is 66.4 Å². The number of hydrogen-bond acceptors (Lipinski definition) is 6. The van der Waals surface area contributed by atoms with Crippen LogP contribution in [0, 0.1) is 0 Å². The van der Waals surface area contributed by atoms with Crippen LogP contribution in [0.1, 0.15) is 26.3 Å². The first kappa shape index (κ1) is 18.3. The number of esters is 1. The molecule has 0 atom stereocenters. The molecule has 5 rings (SSSR count). The average molecular weight is 421 g/mol. The Bertz CT molecular complexity index is 1230. The van der Waals surface area contributed by atoms with Gasteiger partial charge in [0.05, 0.1) is 11.1 Å². The SMILES string of the molecule is O=C(Oc1ccc2c(c1)O/C(=C\c1ccccc1Cl)C2=O)c1ccc2c(c1)OCO2. The Morgan fingerprint density at radius 1 is 0.967 bits per heavy atom. The highest BCUT2D eigenvalue weighted by Gasteiger charge is 2.28. The maximum atomic E-state index is 12.6. The van der Waals surface area contributed by atoms with Crippen molar-refractivity contribution >= 4 is 29.4 Å². The van der Waals surface area contributed by atoms with E-state index in [4.69, 9.17) is 30.5 Å². The molecule has 0 unspecified atom stereocenters. The number of benzene rings is 3. The highest BCUT2D eigenvalue weighted by Crippen LogP contribution is 2.36. The van der Waals surface area contributed by atoms with Crippen molar-refractivity contribution in [2.24, 2.45) is 0 Å². The Balaban J connectivity index is 1.37. The van der Waals surface area contributed by atoms with Crippen LogP contribution in [0.5, 0.6) is 23.0 Å². The molecule has 7 heteroatoms. The van der Waals surface area contributed by atoms with Crippen LogP contribution in [-0.2, 0) is 0 Å². The number of ether oxygens (including phenoxy) is 4.